The average Bonchev–Trinajstić information content (AvgIpc) is 3.94. The molecule has 0 radical (unpaired) electrons. The number of rotatable bonds is 2. The Morgan fingerprint density at radius 1 is 0.542 bits per heavy atom. The summed E-state index contributed by atoms with van der Waals surface area (Å²) in [6.45, 7) is 10.3. The van der Waals surface area contributed by atoms with Crippen molar-refractivity contribution >= 4 is 0 Å². The van der Waals surface area contributed by atoms with Gasteiger partial charge in [-0.2, -0.15) is 26.3 Å². The number of aromatic hydroxyl groups is 2. The molecule has 6 atom stereocenters. The lowest BCUT2D eigenvalue weighted by molar-refractivity contribution is -0.288. The zero-order valence-electron chi connectivity index (χ0n) is 27.5. The van der Waals surface area contributed by atoms with Crippen molar-refractivity contribution in [1.82, 2.24) is 0 Å². The fourth-order valence-corrected chi connectivity index (χ4v) is 5.19. The zero-order chi connectivity index (χ0) is 35.4. The van der Waals surface area contributed by atoms with Crippen LogP contribution in [0.3, 0.4) is 0 Å². The van der Waals surface area contributed by atoms with Crippen LogP contribution in [-0.2, 0) is 14.9 Å². The van der Waals surface area contributed by atoms with Gasteiger partial charge in [0.2, 0.25) is 5.41 Å². The molecule has 2 saturated carbocycles. The number of hydrogen-bond acceptors (Lipinski definition) is 6. The smallest absolute Gasteiger partial charge is 0.411 e. The highest BCUT2D eigenvalue weighted by Crippen LogP contribution is 2.56. The lowest BCUT2D eigenvalue weighted by atomic mass is 9.73. The number of phenolic OH excluding ortho intramolecular Hbond substituents is 2. The highest BCUT2D eigenvalue weighted by Gasteiger charge is 2.72. The van der Waals surface area contributed by atoms with Gasteiger partial charge in [0.15, 0.2) is 0 Å². The summed E-state index contributed by atoms with van der Waals surface area (Å²) >= 11 is 0. The SMILES string of the molecule is C.CC1CCCCC1O.CC1CCCCC1O.CC1CO1.CC1CO1.Oc1ccc(C(c2ccc(O)cc2)(C(F)(F)F)C(F)(F)F)cc1. The van der Waals surface area contributed by atoms with Crippen molar-refractivity contribution in [2.75, 3.05) is 13.2 Å². The maximum atomic E-state index is 13.6. The van der Waals surface area contributed by atoms with Crippen LogP contribution in [0.5, 0.6) is 11.5 Å². The summed E-state index contributed by atoms with van der Waals surface area (Å²) in [5.41, 5.74) is -6.44. The number of halogens is 6. The van der Waals surface area contributed by atoms with Crippen molar-refractivity contribution < 1.29 is 56.2 Å². The van der Waals surface area contributed by atoms with Gasteiger partial charge in [-0.1, -0.05) is 71.2 Å². The van der Waals surface area contributed by atoms with Gasteiger partial charge in [-0.3, -0.25) is 0 Å². The molecular formula is C36H54F6O6. The molecule has 6 unspecified atom stereocenters. The number of alkyl halides is 6. The van der Waals surface area contributed by atoms with E-state index < -0.39 is 40.4 Å². The maximum absolute atomic E-state index is 13.6. The maximum Gasteiger partial charge on any atom is 0.411 e. The van der Waals surface area contributed by atoms with E-state index in [0.29, 0.717) is 48.3 Å². The molecule has 48 heavy (non-hydrogen) atoms. The first-order valence-electron chi connectivity index (χ1n) is 16.2. The van der Waals surface area contributed by atoms with Crippen molar-refractivity contribution in [1.29, 1.82) is 0 Å². The number of phenols is 2. The van der Waals surface area contributed by atoms with E-state index in [1.165, 1.54) is 38.5 Å². The van der Waals surface area contributed by atoms with Crippen LogP contribution in [0.1, 0.15) is 97.6 Å². The van der Waals surface area contributed by atoms with Gasteiger partial charge in [0, 0.05) is 0 Å². The highest BCUT2D eigenvalue weighted by atomic mass is 19.4. The summed E-state index contributed by atoms with van der Waals surface area (Å²) in [4.78, 5) is 0. The Hall–Kier alpha value is -2.54. The number of aliphatic hydroxyl groups is 2. The van der Waals surface area contributed by atoms with E-state index in [4.69, 9.17) is 19.7 Å². The summed E-state index contributed by atoms with van der Waals surface area (Å²) < 4.78 is 91.0. The number of epoxide rings is 2. The molecule has 0 bridgehead atoms. The quantitative estimate of drug-likeness (QED) is 0.185. The van der Waals surface area contributed by atoms with E-state index in [1.54, 1.807) is 0 Å². The molecule has 0 spiro atoms. The molecular weight excluding hydrogens is 642 g/mol. The van der Waals surface area contributed by atoms with Gasteiger partial charge in [0.25, 0.3) is 0 Å². The molecule has 4 fully saturated rings. The van der Waals surface area contributed by atoms with E-state index in [-0.39, 0.29) is 19.6 Å². The Bertz CT molecular complexity index is 1040. The Labute approximate surface area is 281 Å². The molecule has 6 nitrogen and oxygen atoms in total. The Balaban J connectivity index is 0.000000370. The molecule has 0 amide bonds. The molecule has 2 aromatic carbocycles. The van der Waals surface area contributed by atoms with Crippen molar-refractivity contribution in [3.63, 3.8) is 0 Å². The van der Waals surface area contributed by atoms with Crippen LogP contribution in [-0.4, -0.2) is 70.4 Å². The lowest BCUT2D eigenvalue weighted by Crippen LogP contribution is -2.54. The summed E-state index contributed by atoms with van der Waals surface area (Å²) in [7, 11) is 0. The fraction of sp³-hybridized carbons (Fsp3) is 0.667. The van der Waals surface area contributed by atoms with Crippen molar-refractivity contribution in [2.24, 2.45) is 11.8 Å². The van der Waals surface area contributed by atoms with E-state index in [9.17, 15) is 36.6 Å². The number of ether oxygens (including phenoxy) is 2. The number of benzene rings is 2. The summed E-state index contributed by atoms with van der Waals surface area (Å²) in [6, 6.07) is 5.30. The fourth-order valence-electron chi connectivity index (χ4n) is 5.19. The molecule has 2 saturated heterocycles. The molecule has 2 heterocycles. The molecule has 0 aromatic heterocycles. The van der Waals surface area contributed by atoms with Crippen molar-refractivity contribution in [3.05, 3.63) is 59.7 Å². The van der Waals surface area contributed by atoms with Gasteiger partial charge in [-0.05, 0) is 86.8 Å². The van der Waals surface area contributed by atoms with Crippen LogP contribution >= 0.6 is 0 Å². The second kappa shape index (κ2) is 19.6. The van der Waals surface area contributed by atoms with Gasteiger partial charge < -0.3 is 29.9 Å². The Morgan fingerprint density at radius 2 is 0.792 bits per heavy atom. The predicted octanol–water partition coefficient (Wildman–Crippen LogP) is 9.07. The topological polar surface area (TPSA) is 106 Å². The second-order valence-electron chi connectivity index (χ2n) is 12.8. The van der Waals surface area contributed by atoms with Crippen LogP contribution in [0.2, 0.25) is 0 Å². The van der Waals surface area contributed by atoms with E-state index in [1.807, 2.05) is 0 Å². The van der Waals surface area contributed by atoms with Gasteiger partial charge >= 0.3 is 12.4 Å². The third-order valence-electron chi connectivity index (χ3n) is 8.58. The molecule has 2 aromatic rings. The van der Waals surface area contributed by atoms with Crippen LogP contribution in [0.4, 0.5) is 26.3 Å². The normalized spacial score (nSPS) is 26.2. The van der Waals surface area contributed by atoms with Crippen LogP contribution in [0.25, 0.3) is 0 Å². The first-order chi connectivity index (χ1) is 21.9. The zero-order valence-corrected chi connectivity index (χ0v) is 27.5. The van der Waals surface area contributed by atoms with E-state index in [2.05, 4.69) is 27.7 Å². The van der Waals surface area contributed by atoms with Gasteiger partial charge in [0.05, 0.1) is 37.6 Å². The standard InChI is InChI=1S/C15H10F6O2.2C7H14O.2C3H6O.CH4/c16-14(17,18)13(15(19,20)21,9-1-5-11(22)6-2-9)10-3-7-12(23)8-4-10;2*1-6-4-2-3-5-7(6)8;2*1-3-2-4-3;/h1-8,22-23H;2*6-8H,2-5H2,1H3;2*3H,2H2,1H3;1H4. The molecule has 276 valence electrons. The minimum absolute atomic E-state index is 0. The van der Waals surface area contributed by atoms with E-state index >= 15 is 0 Å². The Kier molecular flexibility index (Phi) is 17.8. The minimum Gasteiger partial charge on any atom is -0.508 e. The summed E-state index contributed by atoms with van der Waals surface area (Å²) in [5.74, 6) is 0.197. The minimum atomic E-state index is -5.70. The largest absolute Gasteiger partial charge is 0.508 e. The van der Waals surface area contributed by atoms with Crippen molar-refractivity contribution in [3.8, 4) is 11.5 Å². The molecule has 6 rings (SSSR count). The second-order valence-corrected chi connectivity index (χ2v) is 12.8. The Morgan fingerprint density at radius 3 is 0.958 bits per heavy atom. The monoisotopic (exact) mass is 696 g/mol. The predicted molar refractivity (Wildman–Crippen MR) is 174 cm³/mol. The molecule has 2 aliphatic heterocycles. The van der Waals surface area contributed by atoms with Crippen LogP contribution < -0.4 is 0 Å². The molecule has 4 aliphatic rings. The average molecular weight is 697 g/mol. The van der Waals surface area contributed by atoms with Crippen molar-refractivity contribution in [2.45, 2.75) is 129 Å². The molecule has 2 aliphatic carbocycles. The first kappa shape index (κ1) is 43.5. The van der Waals surface area contributed by atoms with Gasteiger partial charge in [-0.15, -0.1) is 0 Å². The molecule has 12 heteroatoms. The number of aliphatic hydroxyl groups excluding tert-OH is 2. The number of hydrogen-bond donors (Lipinski definition) is 4. The van der Waals surface area contributed by atoms with Crippen LogP contribution in [0.15, 0.2) is 48.5 Å². The highest BCUT2D eigenvalue weighted by molar-refractivity contribution is 5.46. The third kappa shape index (κ3) is 13.8. The summed E-state index contributed by atoms with van der Waals surface area (Å²) in [6.07, 6.45) is -0.622. The first-order valence-corrected chi connectivity index (χ1v) is 16.2. The van der Waals surface area contributed by atoms with E-state index in [0.717, 1.165) is 50.3 Å². The summed E-state index contributed by atoms with van der Waals surface area (Å²) in [5, 5.41) is 36.6. The third-order valence-corrected chi connectivity index (χ3v) is 8.58. The molecule has 4 N–H and O–H groups in total. The lowest BCUT2D eigenvalue weighted by Gasteiger charge is -2.38. The van der Waals surface area contributed by atoms with Gasteiger partial charge in [-0.25, -0.2) is 0 Å². The van der Waals surface area contributed by atoms with Gasteiger partial charge in [0.1, 0.15) is 11.5 Å². The van der Waals surface area contributed by atoms with Crippen LogP contribution in [0, 0.1) is 11.8 Å².